The number of hydrogen-bond donors (Lipinski definition) is 0. The lowest BCUT2D eigenvalue weighted by atomic mass is 10.2. The number of sulfonamides is 1. The minimum atomic E-state index is -3.64. The van der Waals surface area contributed by atoms with Gasteiger partial charge in [0.05, 0.1) is 18.1 Å². The van der Waals surface area contributed by atoms with E-state index in [2.05, 4.69) is 10.1 Å². The second-order valence-electron chi connectivity index (χ2n) is 5.67. The molecule has 23 heavy (non-hydrogen) atoms. The molecule has 8 heteroatoms. The minimum Gasteiger partial charge on any atom is -0.378 e. The zero-order chi connectivity index (χ0) is 16.4. The van der Waals surface area contributed by atoms with Crippen LogP contribution in [0, 0.1) is 0 Å². The Kier molecular flexibility index (Phi) is 4.47. The number of ether oxygens (including phenoxy) is 1. The van der Waals surface area contributed by atoms with Crippen molar-refractivity contribution in [1.29, 1.82) is 0 Å². The van der Waals surface area contributed by atoms with E-state index in [9.17, 15) is 8.42 Å². The van der Waals surface area contributed by atoms with Gasteiger partial charge in [-0.3, -0.25) is 0 Å². The first kappa shape index (κ1) is 16.1. The van der Waals surface area contributed by atoms with Crippen LogP contribution in [0.4, 0.5) is 0 Å². The van der Waals surface area contributed by atoms with Crippen LogP contribution in [-0.4, -0.2) is 42.6 Å². The van der Waals surface area contributed by atoms with E-state index in [0.29, 0.717) is 18.3 Å². The smallest absolute Gasteiger partial charge is 0.243 e. The molecule has 1 aromatic carbocycles. The third-order valence-corrected chi connectivity index (χ3v) is 5.60. The minimum absolute atomic E-state index is 0.0833. The van der Waals surface area contributed by atoms with Crippen molar-refractivity contribution >= 4 is 10.0 Å². The van der Waals surface area contributed by atoms with Crippen LogP contribution in [-0.2, 0) is 14.8 Å². The van der Waals surface area contributed by atoms with Crippen molar-refractivity contribution in [1.82, 2.24) is 14.4 Å². The average Bonchev–Trinajstić information content (AvgIpc) is 3.06. The lowest BCUT2D eigenvalue weighted by molar-refractivity contribution is 0.0282. The van der Waals surface area contributed by atoms with E-state index >= 15 is 0 Å². The summed E-state index contributed by atoms with van der Waals surface area (Å²) in [4.78, 5) is 4.58. The highest BCUT2D eigenvalue weighted by atomic mass is 32.2. The van der Waals surface area contributed by atoms with E-state index in [-0.39, 0.29) is 24.0 Å². The quantitative estimate of drug-likeness (QED) is 0.848. The van der Waals surface area contributed by atoms with Gasteiger partial charge in [0.2, 0.25) is 15.9 Å². The molecule has 3 rings (SSSR count). The lowest BCUT2D eigenvalue weighted by Gasteiger charge is -2.32. The number of nitrogens with zero attached hydrogens (tertiary/aromatic N) is 3. The topological polar surface area (TPSA) is 85.5 Å². The highest BCUT2D eigenvalue weighted by Gasteiger charge is 2.37. The van der Waals surface area contributed by atoms with Crippen molar-refractivity contribution in [3.8, 4) is 0 Å². The van der Waals surface area contributed by atoms with E-state index < -0.39 is 16.1 Å². The molecule has 1 aromatic heterocycles. The fraction of sp³-hybridized carbons (Fsp3) is 0.467. The number of benzene rings is 1. The summed E-state index contributed by atoms with van der Waals surface area (Å²) in [6, 6.07) is 7.77. The van der Waals surface area contributed by atoms with Crippen LogP contribution in [0.25, 0.3) is 0 Å². The second kappa shape index (κ2) is 6.38. The van der Waals surface area contributed by atoms with Gasteiger partial charge >= 0.3 is 0 Å². The summed E-state index contributed by atoms with van der Waals surface area (Å²) in [6.07, 6.45) is 0. The van der Waals surface area contributed by atoms with Gasteiger partial charge in [-0.15, -0.1) is 0 Å². The second-order valence-corrected chi connectivity index (χ2v) is 7.56. The van der Waals surface area contributed by atoms with Crippen LogP contribution in [0.1, 0.15) is 37.5 Å². The van der Waals surface area contributed by atoms with Gasteiger partial charge in [-0.25, -0.2) is 8.42 Å². The number of rotatable bonds is 4. The van der Waals surface area contributed by atoms with E-state index in [1.54, 1.807) is 30.3 Å². The summed E-state index contributed by atoms with van der Waals surface area (Å²) in [5, 5.41) is 3.95. The summed E-state index contributed by atoms with van der Waals surface area (Å²) in [6.45, 7) is 4.69. The molecule has 1 aliphatic rings. The Labute approximate surface area is 135 Å². The van der Waals surface area contributed by atoms with E-state index in [1.165, 1.54) is 4.31 Å². The predicted molar refractivity (Wildman–Crippen MR) is 82.3 cm³/mol. The number of aromatic nitrogens is 2. The van der Waals surface area contributed by atoms with Crippen molar-refractivity contribution in [2.45, 2.75) is 30.7 Å². The fourth-order valence-electron chi connectivity index (χ4n) is 2.42. The Morgan fingerprint density at radius 3 is 2.65 bits per heavy atom. The predicted octanol–water partition coefficient (Wildman–Crippen LogP) is 1.96. The molecule has 1 saturated heterocycles. The fourth-order valence-corrected chi connectivity index (χ4v) is 4.00. The number of morpholine rings is 1. The molecule has 0 N–H and O–H groups in total. The molecule has 1 atom stereocenters. The standard InChI is InChI=1S/C15H19N3O4S/c1-11(2)15-16-14(17-22-15)13-10-21-9-8-18(13)23(19,20)12-6-4-3-5-7-12/h3-7,11,13H,8-10H2,1-2H3/t13-/m0/s1. The molecule has 0 radical (unpaired) electrons. The van der Waals surface area contributed by atoms with Crippen LogP contribution >= 0.6 is 0 Å². The normalized spacial score (nSPS) is 20.0. The highest BCUT2D eigenvalue weighted by Crippen LogP contribution is 2.29. The molecule has 0 saturated carbocycles. The van der Waals surface area contributed by atoms with Crippen LogP contribution < -0.4 is 0 Å². The van der Waals surface area contributed by atoms with Crippen molar-refractivity contribution in [2.75, 3.05) is 19.8 Å². The Balaban J connectivity index is 1.95. The molecule has 2 aromatic rings. The molecule has 7 nitrogen and oxygen atoms in total. The van der Waals surface area contributed by atoms with Crippen molar-refractivity contribution < 1.29 is 17.7 Å². The molecule has 0 amide bonds. The maximum Gasteiger partial charge on any atom is 0.243 e. The molecule has 1 aliphatic heterocycles. The van der Waals surface area contributed by atoms with Gasteiger partial charge in [-0.05, 0) is 12.1 Å². The van der Waals surface area contributed by atoms with E-state index in [0.717, 1.165) is 0 Å². The van der Waals surface area contributed by atoms with Crippen molar-refractivity contribution in [3.05, 3.63) is 42.0 Å². The first-order valence-electron chi connectivity index (χ1n) is 7.48. The average molecular weight is 337 g/mol. The third-order valence-electron chi connectivity index (χ3n) is 3.68. The Morgan fingerprint density at radius 2 is 2.00 bits per heavy atom. The van der Waals surface area contributed by atoms with Crippen LogP contribution in [0.2, 0.25) is 0 Å². The SMILES string of the molecule is CC(C)c1nc([C@@H]2COCCN2S(=O)(=O)c2ccccc2)no1. The van der Waals surface area contributed by atoms with E-state index in [4.69, 9.17) is 9.26 Å². The molecular formula is C15H19N3O4S. The Hall–Kier alpha value is -1.77. The van der Waals surface area contributed by atoms with Crippen LogP contribution in [0.3, 0.4) is 0 Å². The molecule has 124 valence electrons. The van der Waals surface area contributed by atoms with Crippen LogP contribution in [0.5, 0.6) is 0 Å². The van der Waals surface area contributed by atoms with Gasteiger partial charge in [0.25, 0.3) is 0 Å². The van der Waals surface area contributed by atoms with Gasteiger partial charge in [0.1, 0.15) is 6.04 Å². The maximum atomic E-state index is 12.9. The monoisotopic (exact) mass is 337 g/mol. The summed E-state index contributed by atoms with van der Waals surface area (Å²) in [5.41, 5.74) is 0. The molecule has 0 spiro atoms. The summed E-state index contributed by atoms with van der Waals surface area (Å²) >= 11 is 0. The summed E-state index contributed by atoms with van der Waals surface area (Å²) in [7, 11) is -3.64. The lowest BCUT2D eigenvalue weighted by Crippen LogP contribution is -2.43. The van der Waals surface area contributed by atoms with Crippen molar-refractivity contribution in [3.63, 3.8) is 0 Å². The zero-order valence-corrected chi connectivity index (χ0v) is 13.9. The van der Waals surface area contributed by atoms with Gasteiger partial charge in [-0.1, -0.05) is 37.2 Å². The Morgan fingerprint density at radius 1 is 1.26 bits per heavy atom. The highest BCUT2D eigenvalue weighted by molar-refractivity contribution is 7.89. The molecule has 0 unspecified atom stereocenters. The molecule has 0 aliphatic carbocycles. The Bertz CT molecular complexity index is 758. The summed E-state index contributed by atoms with van der Waals surface area (Å²) < 4.78 is 37.8. The number of hydrogen-bond acceptors (Lipinski definition) is 6. The largest absolute Gasteiger partial charge is 0.378 e. The molecule has 1 fully saturated rings. The van der Waals surface area contributed by atoms with Crippen LogP contribution in [0.15, 0.2) is 39.8 Å². The van der Waals surface area contributed by atoms with Crippen molar-refractivity contribution in [2.24, 2.45) is 0 Å². The van der Waals surface area contributed by atoms with Gasteiger partial charge in [0.15, 0.2) is 5.82 Å². The first-order valence-corrected chi connectivity index (χ1v) is 8.92. The van der Waals surface area contributed by atoms with Gasteiger partial charge < -0.3 is 9.26 Å². The molecule has 0 bridgehead atoms. The van der Waals surface area contributed by atoms with Gasteiger partial charge in [0, 0.05) is 12.5 Å². The zero-order valence-electron chi connectivity index (χ0n) is 13.0. The first-order chi connectivity index (χ1) is 11.0. The molecule has 2 heterocycles. The van der Waals surface area contributed by atoms with Gasteiger partial charge in [-0.2, -0.15) is 9.29 Å². The maximum absolute atomic E-state index is 12.9. The third kappa shape index (κ3) is 3.15. The summed E-state index contributed by atoms with van der Waals surface area (Å²) in [5.74, 6) is 0.912. The van der Waals surface area contributed by atoms with E-state index in [1.807, 2.05) is 13.8 Å². The molecular weight excluding hydrogens is 318 g/mol.